The molecule has 0 bridgehead atoms. The van der Waals surface area contributed by atoms with Crippen molar-refractivity contribution in [1.29, 1.82) is 0 Å². The SMILES string of the molecule is CN1CCC1COS. The van der Waals surface area contributed by atoms with Gasteiger partial charge in [0.2, 0.25) is 0 Å². The highest BCUT2D eigenvalue weighted by atomic mass is 32.1. The van der Waals surface area contributed by atoms with E-state index in [1.807, 2.05) is 0 Å². The van der Waals surface area contributed by atoms with Crippen LogP contribution in [0.25, 0.3) is 0 Å². The molecule has 0 saturated carbocycles. The molecule has 0 N–H and O–H groups in total. The number of likely N-dealkylation sites (N-methyl/N-ethyl adjacent to an activating group) is 1. The van der Waals surface area contributed by atoms with Crippen LogP contribution in [0.15, 0.2) is 0 Å². The zero-order valence-electron chi connectivity index (χ0n) is 5.00. The Morgan fingerprint density at radius 2 is 2.62 bits per heavy atom. The molecule has 1 atom stereocenters. The molecular formula is C5H11NOS. The molecular weight excluding hydrogens is 122 g/mol. The molecule has 1 rings (SSSR count). The molecule has 8 heavy (non-hydrogen) atoms. The van der Waals surface area contributed by atoms with Gasteiger partial charge in [0.25, 0.3) is 0 Å². The van der Waals surface area contributed by atoms with Crippen molar-refractivity contribution in [1.82, 2.24) is 4.90 Å². The van der Waals surface area contributed by atoms with Gasteiger partial charge in [-0.05, 0) is 32.9 Å². The molecule has 0 amide bonds. The van der Waals surface area contributed by atoms with E-state index < -0.39 is 0 Å². The predicted octanol–water partition coefficient (Wildman–Crippen LogP) is 0.552. The van der Waals surface area contributed by atoms with Crippen molar-refractivity contribution in [3.63, 3.8) is 0 Å². The summed E-state index contributed by atoms with van der Waals surface area (Å²) in [5, 5.41) is 0. The molecule has 1 unspecified atom stereocenters. The summed E-state index contributed by atoms with van der Waals surface area (Å²) in [6, 6.07) is 0.632. The Hall–Kier alpha value is 0.270. The first-order chi connectivity index (χ1) is 3.84. The standard InChI is InChI=1S/C5H11NOS/c1-6-3-2-5(6)4-7-8/h5,8H,2-4H2,1H3. The Morgan fingerprint density at radius 1 is 1.88 bits per heavy atom. The van der Waals surface area contributed by atoms with Crippen LogP contribution in [0.3, 0.4) is 0 Å². The van der Waals surface area contributed by atoms with E-state index in [1.165, 1.54) is 13.0 Å². The van der Waals surface area contributed by atoms with Crippen LogP contribution in [0.2, 0.25) is 0 Å². The Labute approximate surface area is 55.4 Å². The fraction of sp³-hybridized carbons (Fsp3) is 1.00. The number of thiol groups is 1. The fourth-order valence-electron chi connectivity index (χ4n) is 0.866. The molecule has 1 fully saturated rings. The lowest BCUT2D eigenvalue weighted by atomic mass is 10.1. The first-order valence-electron chi connectivity index (χ1n) is 2.81. The summed E-state index contributed by atoms with van der Waals surface area (Å²) in [6.45, 7) is 1.97. The Balaban J connectivity index is 2.08. The third-order valence-corrected chi connectivity index (χ3v) is 1.85. The van der Waals surface area contributed by atoms with Crippen LogP contribution in [-0.4, -0.2) is 31.1 Å². The van der Waals surface area contributed by atoms with Crippen LogP contribution in [0.5, 0.6) is 0 Å². The van der Waals surface area contributed by atoms with E-state index in [9.17, 15) is 0 Å². The maximum Gasteiger partial charge on any atom is 0.0766 e. The maximum atomic E-state index is 4.67. The Kier molecular flexibility index (Phi) is 2.16. The van der Waals surface area contributed by atoms with Crippen molar-refractivity contribution in [2.75, 3.05) is 20.2 Å². The van der Waals surface area contributed by atoms with Crippen LogP contribution in [0.1, 0.15) is 6.42 Å². The Morgan fingerprint density at radius 3 is 2.75 bits per heavy atom. The summed E-state index contributed by atoms with van der Waals surface area (Å²) < 4.78 is 4.67. The average molecular weight is 133 g/mol. The van der Waals surface area contributed by atoms with E-state index in [0.717, 1.165) is 6.61 Å². The lowest BCUT2D eigenvalue weighted by Crippen LogP contribution is -2.46. The van der Waals surface area contributed by atoms with E-state index in [2.05, 4.69) is 29.0 Å². The van der Waals surface area contributed by atoms with Crippen LogP contribution in [-0.2, 0) is 4.18 Å². The second kappa shape index (κ2) is 2.71. The van der Waals surface area contributed by atoms with Crippen molar-refractivity contribution in [3.05, 3.63) is 0 Å². The zero-order valence-corrected chi connectivity index (χ0v) is 5.90. The van der Waals surface area contributed by atoms with Gasteiger partial charge in [-0.3, -0.25) is 0 Å². The van der Waals surface area contributed by atoms with Gasteiger partial charge in [0.15, 0.2) is 0 Å². The molecule has 0 aromatic heterocycles. The second-order valence-corrected chi connectivity index (χ2v) is 2.48. The van der Waals surface area contributed by atoms with E-state index in [4.69, 9.17) is 0 Å². The third kappa shape index (κ3) is 1.16. The van der Waals surface area contributed by atoms with Crippen LogP contribution >= 0.6 is 12.9 Å². The van der Waals surface area contributed by atoms with Gasteiger partial charge in [0, 0.05) is 6.04 Å². The van der Waals surface area contributed by atoms with E-state index >= 15 is 0 Å². The quantitative estimate of drug-likeness (QED) is 0.436. The third-order valence-electron chi connectivity index (χ3n) is 1.71. The van der Waals surface area contributed by atoms with E-state index in [1.54, 1.807) is 0 Å². The van der Waals surface area contributed by atoms with Gasteiger partial charge in [0.1, 0.15) is 0 Å². The number of hydrogen-bond acceptors (Lipinski definition) is 3. The number of rotatable bonds is 2. The van der Waals surface area contributed by atoms with E-state index in [0.29, 0.717) is 6.04 Å². The average Bonchev–Trinajstić information content (AvgIpc) is 1.79. The topological polar surface area (TPSA) is 12.5 Å². The fourth-order valence-corrected chi connectivity index (χ4v) is 1.04. The van der Waals surface area contributed by atoms with Gasteiger partial charge in [-0.2, -0.15) is 0 Å². The monoisotopic (exact) mass is 133 g/mol. The predicted molar refractivity (Wildman–Crippen MR) is 36.0 cm³/mol. The van der Waals surface area contributed by atoms with Gasteiger partial charge >= 0.3 is 0 Å². The largest absolute Gasteiger partial charge is 0.317 e. The smallest absolute Gasteiger partial charge is 0.0766 e. The molecule has 1 aliphatic rings. The van der Waals surface area contributed by atoms with Gasteiger partial charge in [-0.25, -0.2) is 0 Å². The summed E-state index contributed by atoms with van der Waals surface area (Å²) in [5.74, 6) is 0. The lowest BCUT2D eigenvalue weighted by molar-refractivity contribution is 0.0860. The minimum atomic E-state index is 0.632. The van der Waals surface area contributed by atoms with Crippen LogP contribution in [0.4, 0.5) is 0 Å². The van der Waals surface area contributed by atoms with Gasteiger partial charge in [-0.1, -0.05) is 0 Å². The van der Waals surface area contributed by atoms with Crippen molar-refractivity contribution < 1.29 is 4.18 Å². The highest BCUT2D eigenvalue weighted by Gasteiger charge is 2.23. The van der Waals surface area contributed by atoms with Crippen molar-refractivity contribution >= 4 is 12.9 Å². The van der Waals surface area contributed by atoms with Gasteiger partial charge in [-0.15, -0.1) is 0 Å². The molecule has 0 aromatic carbocycles. The Bertz CT molecular complexity index is 78.8. The van der Waals surface area contributed by atoms with Gasteiger partial charge < -0.3 is 9.08 Å². The minimum absolute atomic E-state index is 0.632. The van der Waals surface area contributed by atoms with E-state index in [-0.39, 0.29) is 0 Å². The number of likely N-dealkylation sites (tertiary alicyclic amines) is 1. The summed E-state index contributed by atoms with van der Waals surface area (Å²) >= 11 is 3.66. The molecule has 1 aliphatic heterocycles. The van der Waals surface area contributed by atoms with Crippen molar-refractivity contribution in [2.24, 2.45) is 0 Å². The number of hydrogen-bond donors (Lipinski definition) is 1. The molecule has 48 valence electrons. The van der Waals surface area contributed by atoms with Crippen LogP contribution < -0.4 is 0 Å². The molecule has 0 aromatic rings. The summed E-state index contributed by atoms with van der Waals surface area (Å²) in [5.41, 5.74) is 0. The molecule has 1 heterocycles. The van der Waals surface area contributed by atoms with Crippen molar-refractivity contribution in [3.8, 4) is 0 Å². The summed E-state index contributed by atoms with van der Waals surface area (Å²) in [4.78, 5) is 2.26. The lowest BCUT2D eigenvalue weighted by Gasteiger charge is -2.36. The molecule has 0 aliphatic carbocycles. The second-order valence-electron chi connectivity index (χ2n) is 2.22. The zero-order chi connectivity index (χ0) is 5.98. The first-order valence-corrected chi connectivity index (χ1v) is 3.17. The maximum absolute atomic E-state index is 4.67. The first kappa shape index (κ1) is 6.39. The van der Waals surface area contributed by atoms with Gasteiger partial charge in [0.05, 0.1) is 6.61 Å². The molecule has 0 radical (unpaired) electrons. The number of nitrogens with zero attached hydrogens (tertiary/aromatic N) is 1. The molecule has 1 saturated heterocycles. The van der Waals surface area contributed by atoms with Crippen molar-refractivity contribution in [2.45, 2.75) is 12.5 Å². The minimum Gasteiger partial charge on any atom is -0.317 e. The summed E-state index contributed by atoms with van der Waals surface area (Å²) in [6.07, 6.45) is 1.26. The molecule has 3 heteroatoms. The molecule has 2 nitrogen and oxygen atoms in total. The molecule has 0 spiro atoms. The summed E-state index contributed by atoms with van der Waals surface area (Å²) in [7, 11) is 2.10. The highest BCUT2D eigenvalue weighted by Crippen LogP contribution is 2.14. The van der Waals surface area contributed by atoms with Crippen LogP contribution in [0, 0.1) is 0 Å². The normalized spacial score (nSPS) is 30.0. The highest BCUT2D eigenvalue weighted by molar-refractivity contribution is 7.75.